The molecule has 2 aromatic rings. The van der Waals surface area contributed by atoms with E-state index < -0.39 is 6.04 Å². The summed E-state index contributed by atoms with van der Waals surface area (Å²) in [5.41, 5.74) is 1.94. The van der Waals surface area contributed by atoms with E-state index in [1.807, 2.05) is 48.5 Å². The number of rotatable bonds is 6. The summed E-state index contributed by atoms with van der Waals surface area (Å²) < 4.78 is 5.05. The third kappa shape index (κ3) is 4.13. The Hall–Kier alpha value is -2.20. The number of nitrogens with one attached hydrogen (secondary N) is 1. The molecule has 0 aliphatic carbocycles. The van der Waals surface area contributed by atoms with Crippen LogP contribution in [-0.2, 0) is 9.53 Å². The van der Waals surface area contributed by atoms with Crippen molar-refractivity contribution in [2.45, 2.75) is 25.9 Å². The van der Waals surface area contributed by atoms with E-state index >= 15 is 0 Å². The lowest BCUT2D eigenvalue weighted by atomic mass is 10.0. The van der Waals surface area contributed by atoms with Crippen molar-refractivity contribution in [3.8, 4) is 0 Å². The first-order chi connectivity index (χ1) is 10.2. The summed E-state index contributed by atoms with van der Waals surface area (Å²) in [5.74, 6) is -0.255. The Bertz CT molecular complexity index is 518. The van der Waals surface area contributed by atoms with Gasteiger partial charge in [0.15, 0.2) is 0 Å². The van der Waals surface area contributed by atoms with Crippen LogP contribution in [0.25, 0.3) is 0 Å². The highest BCUT2D eigenvalue weighted by Crippen LogP contribution is 2.20. The Labute approximate surface area is 125 Å². The van der Waals surface area contributed by atoms with Gasteiger partial charge < -0.3 is 4.74 Å². The molecule has 0 spiro atoms. The normalized spacial score (nSPS) is 13.4. The van der Waals surface area contributed by atoms with Crippen LogP contribution in [0.4, 0.5) is 0 Å². The monoisotopic (exact) mass is 284 g/mol. The van der Waals surface area contributed by atoms with Crippen molar-refractivity contribution < 1.29 is 9.53 Å². The molecule has 0 aliphatic rings. The molecule has 0 fully saturated rings. The first-order valence-electron chi connectivity index (χ1n) is 7.11. The highest BCUT2D eigenvalue weighted by Gasteiger charge is 2.22. The zero-order valence-electron chi connectivity index (χ0n) is 12.3. The number of esters is 1. The van der Waals surface area contributed by atoms with Gasteiger partial charge in [0.1, 0.15) is 6.04 Å². The molecule has 0 aliphatic heterocycles. The molecule has 21 heavy (non-hydrogen) atoms. The quantitative estimate of drug-likeness (QED) is 0.829. The molecular weight excluding hydrogens is 264 g/mol. The van der Waals surface area contributed by atoms with Crippen molar-refractivity contribution >= 4 is 5.97 Å². The Morgan fingerprint density at radius 2 is 1.90 bits per heavy atom. The fourth-order valence-corrected chi connectivity index (χ4v) is 2.13. The van der Waals surface area contributed by atoms with E-state index in [2.05, 4.69) is 10.3 Å². The van der Waals surface area contributed by atoms with Crippen LogP contribution < -0.4 is 5.32 Å². The van der Waals surface area contributed by atoms with Crippen LogP contribution in [0.1, 0.15) is 31.1 Å². The molecule has 4 nitrogen and oxygen atoms in total. The number of carbonyl (C=O) groups excluding carboxylic acids is 1. The smallest absolute Gasteiger partial charge is 0.322 e. The molecule has 4 heteroatoms. The lowest BCUT2D eigenvalue weighted by Crippen LogP contribution is -2.38. The van der Waals surface area contributed by atoms with Gasteiger partial charge in [-0.1, -0.05) is 36.4 Å². The molecule has 1 N–H and O–H groups in total. The predicted octanol–water partition coefficient (Wildman–Crippen LogP) is 2.71. The SMILES string of the molecule is CCOC(=O)C(C)NC(c1ccccc1)c1ccccn1. The molecule has 2 unspecified atom stereocenters. The predicted molar refractivity (Wildman–Crippen MR) is 81.8 cm³/mol. The molecule has 0 bridgehead atoms. The van der Waals surface area contributed by atoms with E-state index in [1.165, 1.54) is 0 Å². The van der Waals surface area contributed by atoms with Gasteiger partial charge in [-0.05, 0) is 31.5 Å². The van der Waals surface area contributed by atoms with E-state index in [-0.39, 0.29) is 12.0 Å². The summed E-state index contributed by atoms with van der Waals surface area (Å²) in [5, 5.41) is 3.30. The maximum absolute atomic E-state index is 11.8. The van der Waals surface area contributed by atoms with Crippen molar-refractivity contribution in [1.82, 2.24) is 10.3 Å². The zero-order chi connectivity index (χ0) is 15.1. The van der Waals surface area contributed by atoms with Crippen LogP contribution >= 0.6 is 0 Å². The number of hydrogen-bond acceptors (Lipinski definition) is 4. The largest absolute Gasteiger partial charge is 0.465 e. The van der Waals surface area contributed by atoms with Crippen molar-refractivity contribution in [3.05, 3.63) is 66.0 Å². The van der Waals surface area contributed by atoms with Crippen LogP contribution in [0.3, 0.4) is 0 Å². The number of hydrogen-bond donors (Lipinski definition) is 1. The Kier molecular flexibility index (Phi) is 5.46. The van der Waals surface area contributed by atoms with Gasteiger partial charge in [-0.25, -0.2) is 0 Å². The Morgan fingerprint density at radius 1 is 1.19 bits per heavy atom. The number of ether oxygens (including phenoxy) is 1. The number of nitrogens with zero attached hydrogens (tertiary/aromatic N) is 1. The first kappa shape index (κ1) is 15.2. The van der Waals surface area contributed by atoms with Crippen LogP contribution in [-0.4, -0.2) is 23.6 Å². The second-order valence-electron chi connectivity index (χ2n) is 4.74. The van der Waals surface area contributed by atoms with Gasteiger partial charge in [0, 0.05) is 6.20 Å². The maximum Gasteiger partial charge on any atom is 0.322 e. The molecule has 2 atom stereocenters. The van der Waals surface area contributed by atoms with Crippen molar-refractivity contribution in [3.63, 3.8) is 0 Å². The lowest BCUT2D eigenvalue weighted by Gasteiger charge is -2.22. The van der Waals surface area contributed by atoms with Gasteiger partial charge >= 0.3 is 5.97 Å². The van der Waals surface area contributed by atoms with Crippen LogP contribution in [0.5, 0.6) is 0 Å². The number of aromatic nitrogens is 1. The minimum Gasteiger partial charge on any atom is -0.465 e. The zero-order valence-corrected chi connectivity index (χ0v) is 12.3. The standard InChI is InChI=1S/C17H20N2O2/c1-3-21-17(20)13(2)19-16(14-9-5-4-6-10-14)15-11-7-8-12-18-15/h4-13,16,19H,3H2,1-2H3. The van der Waals surface area contributed by atoms with E-state index in [1.54, 1.807) is 20.0 Å². The number of carbonyl (C=O) groups is 1. The molecule has 0 saturated carbocycles. The minimum atomic E-state index is -0.405. The lowest BCUT2D eigenvalue weighted by molar-refractivity contribution is -0.145. The van der Waals surface area contributed by atoms with Crippen LogP contribution in [0, 0.1) is 0 Å². The number of pyridine rings is 1. The second-order valence-corrected chi connectivity index (χ2v) is 4.74. The highest BCUT2D eigenvalue weighted by molar-refractivity contribution is 5.75. The summed E-state index contributed by atoms with van der Waals surface area (Å²) in [6, 6.07) is 15.2. The third-order valence-electron chi connectivity index (χ3n) is 3.17. The molecule has 1 aromatic heterocycles. The molecule has 1 heterocycles. The van der Waals surface area contributed by atoms with Crippen molar-refractivity contribution in [1.29, 1.82) is 0 Å². The maximum atomic E-state index is 11.8. The third-order valence-corrected chi connectivity index (χ3v) is 3.17. The summed E-state index contributed by atoms with van der Waals surface area (Å²) in [4.78, 5) is 16.2. The van der Waals surface area contributed by atoms with Gasteiger partial charge in [0.25, 0.3) is 0 Å². The first-order valence-corrected chi connectivity index (χ1v) is 7.11. The molecule has 0 amide bonds. The fourth-order valence-electron chi connectivity index (χ4n) is 2.13. The second kappa shape index (κ2) is 7.55. The van der Waals surface area contributed by atoms with Gasteiger partial charge in [0.2, 0.25) is 0 Å². The molecule has 2 rings (SSSR count). The number of benzene rings is 1. The van der Waals surface area contributed by atoms with Gasteiger partial charge in [-0.15, -0.1) is 0 Å². The molecule has 110 valence electrons. The van der Waals surface area contributed by atoms with E-state index in [9.17, 15) is 4.79 Å². The minimum absolute atomic E-state index is 0.146. The average molecular weight is 284 g/mol. The van der Waals surface area contributed by atoms with Crippen molar-refractivity contribution in [2.24, 2.45) is 0 Å². The van der Waals surface area contributed by atoms with Gasteiger partial charge in [0.05, 0.1) is 18.3 Å². The van der Waals surface area contributed by atoms with E-state index in [0.717, 1.165) is 11.3 Å². The molecule has 0 saturated heterocycles. The van der Waals surface area contributed by atoms with E-state index in [0.29, 0.717) is 6.61 Å². The summed E-state index contributed by atoms with van der Waals surface area (Å²) in [6.07, 6.45) is 1.75. The topological polar surface area (TPSA) is 51.2 Å². The van der Waals surface area contributed by atoms with Crippen LogP contribution in [0.15, 0.2) is 54.7 Å². The van der Waals surface area contributed by atoms with Gasteiger partial charge in [-0.2, -0.15) is 0 Å². The molecular formula is C17H20N2O2. The summed E-state index contributed by atoms with van der Waals surface area (Å²) >= 11 is 0. The van der Waals surface area contributed by atoms with Crippen LogP contribution in [0.2, 0.25) is 0 Å². The Morgan fingerprint density at radius 3 is 2.52 bits per heavy atom. The van der Waals surface area contributed by atoms with E-state index in [4.69, 9.17) is 4.74 Å². The molecule has 0 radical (unpaired) electrons. The summed E-state index contributed by atoms with van der Waals surface area (Å²) in [6.45, 7) is 3.99. The van der Waals surface area contributed by atoms with Gasteiger partial charge in [-0.3, -0.25) is 15.1 Å². The summed E-state index contributed by atoms with van der Waals surface area (Å²) in [7, 11) is 0. The average Bonchev–Trinajstić information content (AvgIpc) is 2.54. The van der Waals surface area contributed by atoms with Crippen molar-refractivity contribution in [2.75, 3.05) is 6.61 Å². The molecule has 1 aromatic carbocycles. The Balaban J connectivity index is 2.23. The highest BCUT2D eigenvalue weighted by atomic mass is 16.5. The fraction of sp³-hybridized carbons (Fsp3) is 0.294.